The predicted octanol–water partition coefficient (Wildman–Crippen LogP) is 2.38. The minimum Gasteiger partial charge on any atom is -0.381 e. The van der Waals surface area contributed by atoms with Crippen molar-refractivity contribution in [1.82, 2.24) is 0 Å². The van der Waals surface area contributed by atoms with Gasteiger partial charge in [-0.2, -0.15) is 0 Å². The highest BCUT2D eigenvalue weighted by atomic mass is 16.5. The Balaban J connectivity index is 1.91. The van der Waals surface area contributed by atoms with Crippen molar-refractivity contribution in [1.29, 1.82) is 0 Å². The molecule has 0 radical (unpaired) electrons. The largest absolute Gasteiger partial charge is 0.381 e. The van der Waals surface area contributed by atoms with E-state index in [-0.39, 0.29) is 5.54 Å². The minimum atomic E-state index is 0.207. The number of rotatable bonds is 0. The summed E-state index contributed by atoms with van der Waals surface area (Å²) < 4.78 is 5.44. The molecule has 0 bridgehead atoms. The molecular weight excluding hydrogens is 200 g/mol. The summed E-state index contributed by atoms with van der Waals surface area (Å²) in [6.07, 6.45) is 2.18. The predicted molar refractivity (Wildman–Crippen MR) is 66.1 cm³/mol. The van der Waals surface area contributed by atoms with E-state index < -0.39 is 0 Å². The van der Waals surface area contributed by atoms with Crippen LogP contribution in [-0.2, 0) is 4.74 Å². The molecule has 0 atom stereocenters. The lowest BCUT2D eigenvalue weighted by Crippen LogP contribution is -2.51. The molecule has 3 heteroatoms. The molecule has 3 nitrogen and oxygen atoms in total. The summed E-state index contributed by atoms with van der Waals surface area (Å²) in [5.74, 6) is 0. The molecule has 2 aliphatic heterocycles. The Kier molecular flexibility index (Phi) is 2.28. The molecule has 1 aromatic carbocycles. The smallest absolute Gasteiger partial charge is 0.0606 e. The fraction of sp³-hybridized carbons (Fsp3) is 0.538. The number of hydrogen-bond acceptors (Lipinski definition) is 3. The summed E-state index contributed by atoms with van der Waals surface area (Å²) >= 11 is 0. The van der Waals surface area contributed by atoms with Crippen molar-refractivity contribution in [2.75, 3.05) is 30.4 Å². The molecule has 0 aromatic heterocycles. The Morgan fingerprint density at radius 1 is 1.25 bits per heavy atom. The zero-order valence-electron chi connectivity index (χ0n) is 9.68. The summed E-state index contributed by atoms with van der Waals surface area (Å²) in [5.41, 5.74) is 4.03. The van der Waals surface area contributed by atoms with Crippen LogP contribution in [0.4, 0.5) is 11.4 Å². The van der Waals surface area contributed by atoms with E-state index >= 15 is 0 Å². The summed E-state index contributed by atoms with van der Waals surface area (Å²) in [7, 11) is 0. The Bertz CT molecular complexity index is 397. The van der Waals surface area contributed by atoms with Gasteiger partial charge in [-0.1, -0.05) is 12.1 Å². The first kappa shape index (κ1) is 9.97. The van der Waals surface area contributed by atoms with Gasteiger partial charge in [0.05, 0.1) is 16.9 Å². The quantitative estimate of drug-likeness (QED) is 0.701. The topological polar surface area (TPSA) is 33.3 Å². The molecule has 0 unspecified atom stereocenters. The lowest BCUT2D eigenvalue weighted by atomic mass is 9.87. The molecule has 86 valence electrons. The second-order valence-corrected chi connectivity index (χ2v) is 4.87. The highest BCUT2D eigenvalue weighted by Gasteiger charge is 2.35. The van der Waals surface area contributed by atoms with Gasteiger partial charge in [0, 0.05) is 19.8 Å². The average Bonchev–Trinajstić information content (AvgIpc) is 2.30. The lowest BCUT2D eigenvalue weighted by molar-refractivity contribution is 0.0635. The molecule has 2 aliphatic rings. The molecule has 0 amide bonds. The second-order valence-electron chi connectivity index (χ2n) is 4.87. The van der Waals surface area contributed by atoms with Gasteiger partial charge in [0.25, 0.3) is 0 Å². The van der Waals surface area contributed by atoms with Crippen LogP contribution in [-0.4, -0.2) is 25.3 Å². The van der Waals surface area contributed by atoms with E-state index in [4.69, 9.17) is 4.74 Å². The molecule has 0 aliphatic carbocycles. The fourth-order valence-electron chi connectivity index (χ4n) is 2.66. The highest BCUT2D eigenvalue weighted by molar-refractivity contribution is 5.75. The van der Waals surface area contributed by atoms with Gasteiger partial charge in [0.15, 0.2) is 0 Å². The summed E-state index contributed by atoms with van der Waals surface area (Å²) in [5, 5.41) is 7.28. The van der Waals surface area contributed by atoms with Crippen LogP contribution < -0.4 is 10.6 Å². The van der Waals surface area contributed by atoms with E-state index in [2.05, 4.69) is 35.8 Å². The summed E-state index contributed by atoms with van der Waals surface area (Å²) in [4.78, 5) is 0. The number of nitrogens with one attached hydrogen (secondary N) is 2. The molecule has 2 N–H and O–H groups in total. The summed E-state index contributed by atoms with van der Waals surface area (Å²) in [6, 6.07) is 6.42. The number of benzene rings is 1. The number of ether oxygens (including phenoxy) is 1. The van der Waals surface area contributed by atoms with Crippen molar-refractivity contribution in [2.45, 2.75) is 25.3 Å². The van der Waals surface area contributed by atoms with Gasteiger partial charge in [0.1, 0.15) is 0 Å². The second kappa shape index (κ2) is 3.67. The Morgan fingerprint density at radius 3 is 2.88 bits per heavy atom. The molecule has 0 saturated carbocycles. The van der Waals surface area contributed by atoms with Gasteiger partial charge in [-0.3, -0.25) is 0 Å². The molecule has 16 heavy (non-hydrogen) atoms. The first-order valence-electron chi connectivity index (χ1n) is 5.99. The van der Waals surface area contributed by atoms with Crippen molar-refractivity contribution >= 4 is 11.4 Å². The normalized spacial score (nSPS) is 22.1. The maximum Gasteiger partial charge on any atom is 0.0606 e. The van der Waals surface area contributed by atoms with Crippen LogP contribution in [0, 0.1) is 6.92 Å². The van der Waals surface area contributed by atoms with Crippen molar-refractivity contribution < 1.29 is 4.74 Å². The molecule has 1 fully saturated rings. The fourth-order valence-corrected chi connectivity index (χ4v) is 2.66. The third-order valence-electron chi connectivity index (χ3n) is 3.73. The van der Waals surface area contributed by atoms with E-state index in [0.29, 0.717) is 0 Å². The van der Waals surface area contributed by atoms with Crippen molar-refractivity contribution in [3.63, 3.8) is 0 Å². The van der Waals surface area contributed by atoms with Crippen LogP contribution >= 0.6 is 0 Å². The zero-order valence-corrected chi connectivity index (χ0v) is 9.68. The number of para-hydroxylation sites is 1. The van der Waals surface area contributed by atoms with Crippen molar-refractivity contribution in [2.24, 2.45) is 0 Å². The number of hydrogen-bond donors (Lipinski definition) is 2. The van der Waals surface area contributed by atoms with E-state index in [1.54, 1.807) is 0 Å². The molecular formula is C13H18N2O. The van der Waals surface area contributed by atoms with Crippen LogP contribution in [0.3, 0.4) is 0 Å². The maximum atomic E-state index is 5.44. The van der Waals surface area contributed by atoms with Gasteiger partial charge in [0.2, 0.25) is 0 Å². The number of fused-ring (bicyclic) bond motifs is 1. The average molecular weight is 218 g/mol. The maximum absolute atomic E-state index is 5.44. The summed E-state index contributed by atoms with van der Waals surface area (Å²) in [6.45, 7) is 4.90. The molecule has 3 rings (SSSR count). The van der Waals surface area contributed by atoms with Gasteiger partial charge in [-0.15, -0.1) is 0 Å². The third-order valence-corrected chi connectivity index (χ3v) is 3.73. The van der Waals surface area contributed by atoms with Crippen LogP contribution in [0.25, 0.3) is 0 Å². The van der Waals surface area contributed by atoms with Gasteiger partial charge < -0.3 is 15.4 Å². The Labute approximate surface area is 96.2 Å². The molecule has 1 aromatic rings. The molecule has 2 heterocycles. The van der Waals surface area contributed by atoms with Gasteiger partial charge >= 0.3 is 0 Å². The zero-order chi connectivity index (χ0) is 11.0. The Hall–Kier alpha value is -1.22. The molecule has 1 saturated heterocycles. The van der Waals surface area contributed by atoms with Gasteiger partial charge in [-0.25, -0.2) is 0 Å². The monoisotopic (exact) mass is 218 g/mol. The van der Waals surface area contributed by atoms with Crippen molar-refractivity contribution in [3.8, 4) is 0 Å². The standard InChI is InChI=1S/C13H18N2O/c1-10-3-2-4-11-12(10)14-9-13(15-11)5-7-16-8-6-13/h2-4,14-15H,5-9H2,1H3. The number of aryl methyl sites for hydroxylation is 1. The molecule has 1 spiro atoms. The SMILES string of the molecule is Cc1cccc2c1NCC1(CCOCC1)N2. The van der Waals surface area contributed by atoms with Crippen LogP contribution in [0.2, 0.25) is 0 Å². The van der Waals surface area contributed by atoms with E-state index in [1.807, 2.05) is 0 Å². The minimum absolute atomic E-state index is 0.207. The first-order chi connectivity index (χ1) is 7.79. The van der Waals surface area contributed by atoms with Crippen LogP contribution in [0.15, 0.2) is 18.2 Å². The number of anilines is 2. The van der Waals surface area contributed by atoms with E-state index in [9.17, 15) is 0 Å². The third kappa shape index (κ3) is 1.55. The van der Waals surface area contributed by atoms with E-state index in [1.165, 1.54) is 16.9 Å². The van der Waals surface area contributed by atoms with Crippen LogP contribution in [0.5, 0.6) is 0 Å². The van der Waals surface area contributed by atoms with Gasteiger partial charge in [-0.05, 0) is 31.4 Å². The van der Waals surface area contributed by atoms with Crippen molar-refractivity contribution in [3.05, 3.63) is 23.8 Å². The highest BCUT2D eigenvalue weighted by Crippen LogP contribution is 2.36. The Morgan fingerprint density at radius 2 is 2.06 bits per heavy atom. The van der Waals surface area contributed by atoms with E-state index in [0.717, 1.165) is 32.6 Å². The lowest BCUT2D eigenvalue weighted by Gasteiger charge is -2.43. The van der Waals surface area contributed by atoms with Crippen LogP contribution in [0.1, 0.15) is 18.4 Å². The first-order valence-corrected chi connectivity index (χ1v) is 5.99.